The Bertz CT molecular complexity index is 795. The van der Waals surface area contributed by atoms with Crippen LogP contribution in [0.1, 0.15) is 28.6 Å². The number of nitrogens with zero attached hydrogens (tertiary/aromatic N) is 3. The minimum Gasteiger partial charge on any atom is -0.497 e. The molecule has 3 rings (SSSR count). The van der Waals surface area contributed by atoms with Crippen LogP contribution < -0.4 is 10.1 Å². The molecule has 1 aromatic heterocycles. The van der Waals surface area contributed by atoms with Crippen LogP contribution in [0.2, 0.25) is 0 Å². The van der Waals surface area contributed by atoms with Crippen LogP contribution >= 0.6 is 0 Å². The van der Waals surface area contributed by atoms with Gasteiger partial charge in [0, 0.05) is 37.9 Å². The molecule has 2 aromatic rings. The third-order valence-electron chi connectivity index (χ3n) is 5.48. The van der Waals surface area contributed by atoms with Crippen molar-refractivity contribution in [1.82, 2.24) is 20.0 Å². The van der Waals surface area contributed by atoms with Crippen LogP contribution in [0.5, 0.6) is 5.75 Å². The van der Waals surface area contributed by atoms with Gasteiger partial charge in [0.25, 0.3) is 0 Å². The van der Waals surface area contributed by atoms with Gasteiger partial charge in [-0.1, -0.05) is 12.1 Å². The number of aromatic nitrogens is 2. The fourth-order valence-electron chi connectivity index (χ4n) is 3.68. The van der Waals surface area contributed by atoms with Gasteiger partial charge in [0.2, 0.25) is 5.91 Å². The topological polar surface area (TPSA) is 68.6 Å². The number of benzene rings is 1. The Hall–Kier alpha value is -2.38. The number of rotatable bonds is 7. The molecule has 28 heavy (non-hydrogen) atoms. The summed E-state index contributed by atoms with van der Waals surface area (Å²) in [6, 6.07) is 8.18. The third kappa shape index (κ3) is 4.72. The summed E-state index contributed by atoms with van der Waals surface area (Å²) in [6.45, 7) is 7.65. The van der Waals surface area contributed by atoms with Crippen LogP contribution in [-0.4, -0.2) is 60.5 Å². The number of ether oxygens (including phenoxy) is 2. The number of hydrogen-bond acceptors (Lipinski definition) is 5. The normalized spacial score (nSPS) is 16.0. The van der Waals surface area contributed by atoms with E-state index in [1.807, 2.05) is 37.7 Å². The van der Waals surface area contributed by atoms with E-state index < -0.39 is 0 Å². The van der Waals surface area contributed by atoms with Crippen molar-refractivity contribution < 1.29 is 14.3 Å². The Labute approximate surface area is 166 Å². The first-order valence-corrected chi connectivity index (χ1v) is 9.71. The minimum absolute atomic E-state index is 0.0194. The highest BCUT2D eigenvalue weighted by atomic mass is 16.5. The van der Waals surface area contributed by atoms with Gasteiger partial charge in [0.15, 0.2) is 0 Å². The molecule has 1 fully saturated rings. The van der Waals surface area contributed by atoms with E-state index in [9.17, 15) is 4.79 Å². The van der Waals surface area contributed by atoms with Gasteiger partial charge in [-0.05, 0) is 31.5 Å². The first-order valence-electron chi connectivity index (χ1n) is 9.71. The average molecular weight is 386 g/mol. The summed E-state index contributed by atoms with van der Waals surface area (Å²) in [6.07, 6.45) is 0.351. The highest BCUT2D eigenvalue weighted by Crippen LogP contribution is 2.24. The number of morpholine rings is 1. The van der Waals surface area contributed by atoms with Crippen molar-refractivity contribution in [3.05, 3.63) is 46.8 Å². The molecule has 1 saturated heterocycles. The van der Waals surface area contributed by atoms with E-state index >= 15 is 0 Å². The third-order valence-corrected chi connectivity index (χ3v) is 5.48. The number of nitrogens with one attached hydrogen (secondary N) is 1. The maximum Gasteiger partial charge on any atom is 0.224 e. The molecule has 1 amide bonds. The first-order chi connectivity index (χ1) is 13.5. The molecule has 0 saturated carbocycles. The van der Waals surface area contributed by atoms with E-state index in [1.165, 1.54) is 0 Å². The molecule has 1 aliphatic heterocycles. The maximum atomic E-state index is 12.6. The molecule has 7 nitrogen and oxygen atoms in total. The molecule has 152 valence electrons. The fraction of sp³-hybridized carbons (Fsp3) is 0.524. The van der Waals surface area contributed by atoms with E-state index in [0.29, 0.717) is 26.2 Å². The Morgan fingerprint density at radius 3 is 2.50 bits per heavy atom. The van der Waals surface area contributed by atoms with Crippen LogP contribution in [0.25, 0.3) is 0 Å². The highest BCUT2D eigenvalue weighted by molar-refractivity contribution is 5.79. The second-order valence-electron chi connectivity index (χ2n) is 7.19. The molecular formula is C21H30N4O3. The van der Waals surface area contributed by atoms with Gasteiger partial charge in [0.05, 0.1) is 38.5 Å². The fourth-order valence-corrected chi connectivity index (χ4v) is 3.68. The Kier molecular flexibility index (Phi) is 6.70. The average Bonchev–Trinajstić information content (AvgIpc) is 2.95. The quantitative estimate of drug-likeness (QED) is 0.786. The number of amides is 1. The van der Waals surface area contributed by atoms with Gasteiger partial charge in [-0.15, -0.1) is 0 Å². The zero-order valence-electron chi connectivity index (χ0n) is 17.2. The molecule has 0 radical (unpaired) electrons. The van der Waals surface area contributed by atoms with Crippen molar-refractivity contribution >= 4 is 5.91 Å². The van der Waals surface area contributed by atoms with E-state index in [0.717, 1.165) is 41.4 Å². The Morgan fingerprint density at radius 2 is 1.93 bits per heavy atom. The lowest BCUT2D eigenvalue weighted by Gasteiger charge is -2.35. The lowest BCUT2D eigenvalue weighted by molar-refractivity contribution is -0.120. The minimum atomic E-state index is 0.0194. The second kappa shape index (κ2) is 9.21. The summed E-state index contributed by atoms with van der Waals surface area (Å²) >= 11 is 0. The van der Waals surface area contributed by atoms with E-state index in [-0.39, 0.29) is 11.9 Å². The number of methoxy groups -OCH3 is 1. The first kappa shape index (κ1) is 20.4. The SMILES string of the molecule is COc1ccc(C(CNC(=O)Cc2c(C)nn(C)c2C)N2CCOCC2)cc1. The van der Waals surface area contributed by atoms with Gasteiger partial charge >= 0.3 is 0 Å². The van der Waals surface area contributed by atoms with Gasteiger partial charge in [-0.3, -0.25) is 14.4 Å². The van der Waals surface area contributed by atoms with Gasteiger partial charge in [-0.2, -0.15) is 5.10 Å². The molecule has 1 N–H and O–H groups in total. The molecule has 0 bridgehead atoms. The maximum absolute atomic E-state index is 12.6. The zero-order chi connectivity index (χ0) is 20.1. The lowest BCUT2D eigenvalue weighted by Crippen LogP contribution is -2.44. The van der Waals surface area contributed by atoms with E-state index in [1.54, 1.807) is 7.11 Å². The molecule has 1 atom stereocenters. The highest BCUT2D eigenvalue weighted by Gasteiger charge is 2.23. The van der Waals surface area contributed by atoms with E-state index in [4.69, 9.17) is 9.47 Å². The summed E-state index contributed by atoms with van der Waals surface area (Å²) in [5.41, 5.74) is 4.12. The monoisotopic (exact) mass is 386 g/mol. The molecule has 1 aromatic carbocycles. The van der Waals surface area contributed by atoms with E-state index in [2.05, 4.69) is 27.4 Å². The van der Waals surface area contributed by atoms with Crippen molar-refractivity contribution in [1.29, 1.82) is 0 Å². The summed E-state index contributed by atoms with van der Waals surface area (Å²) in [5.74, 6) is 0.849. The summed E-state index contributed by atoms with van der Waals surface area (Å²) < 4.78 is 12.6. The molecule has 7 heteroatoms. The van der Waals surface area contributed by atoms with Crippen LogP contribution in [0.4, 0.5) is 0 Å². The Balaban J connectivity index is 1.69. The largest absolute Gasteiger partial charge is 0.497 e. The van der Waals surface area contributed by atoms with Crippen molar-refractivity contribution in [2.75, 3.05) is 40.0 Å². The van der Waals surface area contributed by atoms with Crippen molar-refractivity contribution in [3.63, 3.8) is 0 Å². The standard InChI is InChI=1S/C21H30N4O3/c1-15-19(16(2)24(3)23-15)13-21(26)22-14-20(25-9-11-28-12-10-25)17-5-7-18(27-4)8-6-17/h5-8,20H,9-14H2,1-4H3,(H,22,26). The summed E-state index contributed by atoms with van der Waals surface area (Å²) in [5, 5.41) is 7.53. The number of carbonyl (C=O) groups excluding carboxylic acids is 1. The smallest absolute Gasteiger partial charge is 0.224 e. The van der Waals surface area contributed by atoms with Crippen molar-refractivity contribution in [2.45, 2.75) is 26.3 Å². The summed E-state index contributed by atoms with van der Waals surface area (Å²) in [4.78, 5) is 15.0. The van der Waals surface area contributed by atoms with Crippen LogP contribution in [0.15, 0.2) is 24.3 Å². The van der Waals surface area contributed by atoms with Crippen LogP contribution in [0.3, 0.4) is 0 Å². The van der Waals surface area contributed by atoms with Crippen LogP contribution in [-0.2, 0) is 23.0 Å². The molecule has 1 aliphatic rings. The Morgan fingerprint density at radius 1 is 1.25 bits per heavy atom. The zero-order valence-corrected chi connectivity index (χ0v) is 17.2. The van der Waals surface area contributed by atoms with Crippen LogP contribution in [0, 0.1) is 13.8 Å². The predicted octanol–water partition coefficient (Wildman–Crippen LogP) is 1.78. The van der Waals surface area contributed by atoms with Gasteiger partial charge < -0.3 is 14.8 Å². The molecular weight excluding hydrogens is 356 g/mol. The number of aryl methyl sites for hydroxylation is 2. The van der Waals surface area contributed by atoms with Crippen molar-refractivity contribution in [3.8, 4) is 5.75 Å². The predicted molar refractivity (Wildman–Crippen MR) is 108 cm³/mol. The van der Waals surface area contributed by atoms with Gasteiger partial charge in [-0.25, -0.2) is 0 Å². The molecule has 0 spiro atoms. The second-order valence-corrected chi connectivity index (χ2v) is 7.19. The van der Waals surface area contributed by atoms with Crippen molar-refractivity contribution in [2.24, 2.45) is 7.05 Å². The number of hydrogen-bond donors (Lipinski definition) is 1. The molecule has 2 heterocycles. The molecule has 0 aliphatic carbocycles. The summed E-state index contributed by atoms with van der Waals surface area (Å²) in [7, 11) is 3.57. The lowest BCUT2D eigenvalue weighted by atomic mass is 10.0. The van der Waals surface area contributed by atoms with Gasteiger partial charge in [0.1, 0.15) is 5.75 Å². The number of carbonyl (C=O) groups is 1. The molecule has 1 unspecified atom stereocenters.